The third kappa shape index (κ3) is 4.78. The summed E-state index contributed by atoms with van der Waals surface area (Å²) < 4.78 is 0. The molecule has 1 aromatic heterocycles. The minimum absolute atomic E-state index is 0.169. The van der Waals surface area contributed by atoms with E-state index in [-0.39, 0.29) is 11.5 Å². The normalized spacial score (nSPS) is 14.6. The van der Waals surface area contributed by atoms with Crippen molar-refractivity contribution < 1.29 is 0 Å². The second-order valence-corrected chi connectivity index (χ2v) is 7.11. The van der Waals surface area contributed by atoms with Crippen molar-refractivity contribution in [3.05, 3.63) is 22.4 Å². The highest BCUT2D eigenvalue weighted by Gasteiger charge is 2.24. The van der Waals surface area contributed by atoms with Crippen molar-refractivity contribution in [3.8, 4) is 0 Å². The molecule has 0 aromatic carbocycles. The Balaban J connectivity index is 2.61. The molecule has 0 bridgehead atoms. The molecule has 17 heavy (non-hydrogen) atoms. The van der Waals surface area contributed by atoms with Crippen LogP contribution in [0.3, 0.4) is 0 Å². The number of hydrogen-bond donors (Lipinski definition) is 1. The molecule has 2 N–H and O–H groups in total. The number of rotatable bonds is 5. The average molecular weight is 254 g/mol. The molecule has 3 heteroatoms. The molecule has 1 rings (SSSR count). The van der Waals surface area contributed by atoms with Gasteiger partial charge in [-0.2, -0.15) is 0 Å². The van der Waals surface area contributed by atoms with Gasteiger partial charge in [0.2, 0.25) is 0 Å². The van der Waals surface area contributed by atoms with Crippen LogP contribution in [0.5, 0.6) is 0 Å². The van der Waals surface area contributed by atoms with Crippen molar-refractivity contribution in [2.24, 2.45) is 11.1 Å². The predicted molar refractivity (Wildman–Crippen MR) is 77.3 cm³/mol. The lowest BCUT2D eigenvalue weighted by atomic mass is 9.87. The van der Waals surface area contributed by atoms with Crippen LogP contribution in [0.4, 0.5) is 0 Å². The molecular weight excluding hydrogens is 228 g/mol. The maximum absolute atomic E-state index is 6.28. The zero-order valence-corrected chi connectivity index (χ0v) is 12.6. The molecule has 0 saturated carbocycles. The van der Waals surface area contributed by atoms with E-state index in [9.17, 15) is 0 Å². The highest BCUT2D eigenvalue weighted by atomic mass is 32.1. The van der Waals surface area contributed by atoms with E-state index in [1.807, 2.05) is 11.3 Å². The van der Waals surface area contributed by atoms with Gasteiger partial charge in [-0.3, -0.25) is 4.90 Å². The van der Waals surface area contributed by atoms with Crippen LogP contribution < -0.4 is 5.73 Å². The molecule has 0 saturated heterocycles. The van der Waals surface area contributed by atoms with Crippen LogP contribution in [0.25, 0.3) is 0 Å². The van der Waals surface area contributed by atoms with Crippen LogP contribution in [0.15, 0.2) is 17.5 Å². The second-order valence-electron chi connectivity index (χ2n) is 6.08. The lowest BCUT2D eigenvalue weighted by Gasteiger charge is -2.34. The number of hydrogen-bond acceptors (Lipinski definition) is 3. The summed E-state index contributed by atoms with van der Waals surface area (Å²) in [4.78, 5) is 3.88. The minimum Gasteiger partial charge on any atom is -0.326 e. The largest absolute Gasteiger partial charge is 0.326 e. The van der Waals surface area contributed by atoms with Crippen molar-refractivity contribution in [1.82, 2.24) is 4.90 Å². The first-order valence-corrected chi connectivity index (χ1v) is 7.20. The first-order valence-electron chi connectivity index (χ1n) is 6.32. The van der Waals surface area contributed by atoms with Gasteiger partial charge in [0.25, 0.3) is 0 Å². The zero-order chi connectivity index (χ0) is 13.1. The summed E-state index contributed by atoms with van der Waals surface area (Å²) in [6, 6.07) is 5.06. The molecule has 98 valence electrons. The van der Waals surface area contributed by atoms with Gasteiger partial charge in [0.1, 0.15) is 0 Å². The van der Waals surface area contributed by atoms with Gasteiger partial charge in [-0.1, -0.05) is 26.8 Å². The fraction of sp³-hybridized carbons (Fsp3) is 0.714. The summed E-state index contributed by atoms with van der Waals surface area (Å²) in [5.41, 5.74) is 6.45. The first kappa shape index (κ1) is 14.7. The van der Waals surface area contributed by atoms with E-state index >= 15 is 0 Å². The Bertz CT molecular complexity index is 311. The molecule has 1 unspecified atom stereocenters. The summed E-state index contributed by atoms with van der Waals surface area (Å²) in [5.74, 6) is 0. The van der Waals surface area contributed by atoms with Gasteiger partial charge in [0.05, 0.1) is 0 Å². The van der Waals surface area contributed by atoms with Crippen LogP contribution >= 0.6 is 11.3 Å². The molecule has 1 atom stereocenters. The maximum Gasteiger partial charge on any atom is 0.0331 e. The summed E-state index contributed by atoms with van der Waals surface area (Å²) in [5, 5.41) is 2.14. The molecule has 0 fully saturated rings. The van der Waals surface area contributed by atoms with Crippen molar-refractivity contribution in [2.75, 3.05) is 6.54 Å². The molecule has 0 radical (unpaired) electrons. The lowest BCUT2D eigenvalue weighted by Crippen LogP contribution is -2.47. The Labute approximate surface area is 110 Å². The van der Waals surface area contributed by atoms with Crippen LogP contribution in [0.2, 0.25) is 0 Å². The minimum atomic E-state index is 0.169. The quantitative estimate of drug-likeness (QED) is 0.873. The van der Waals surface area contributed by atoms with Crippen molar-refractivity contribution in [1.29, 1.82) is 0 Å². The smallest absolute Gasteiger partial charge is 0.0331 e. The van der Waals surface area contributed by atoms with Gasteiger partial charge in [-0.25, -0.2) is 0 Å². The van der Waals surface area contributed by atoms with Gasteiger partial charge in [-0.05, 0) is 30.7 Å². The van der Waals surface area contributed by atoms with Crippen molar-refractivity contribution in [2.45, 2.75) is 53.2 Å². The van der Waals surface area contributed by atoms with E-state index in [1.165, 1.54) is 4.88 Å². The third-order valence-electron chi connectivity index (χ3n) is 3.21. The van der Waals surface area contributed by atoms with Crippen molar-refractivity contribution in [3.63, 3.8) is 0 Å². The number of nitrogens with zero attached hydrogens (tertiary/aromatic N) is 1. The fourth-order valence-corrected chi connectivity index (χ4v) is 2.32. The molecule has 0 amide bonds. The van der Waals surface area contributed by atoms with Gasteiger partial charge < -0.3 is 5.73 Å². The van der Waals surface area contributed by atoms with Crippen molar-refractivity contribution >= 4 is 11.3 Å². The van der Waals surface area contributed by atoms with E-state index in [0.717, 1.165) is 13.1 Å². The molecule has 0 aliphatic rings. The van der Waals surface area contributed by atoms with Gasteiger partial charge in [0.15, 0.2) is 0 Å². The Kier molecular flexibility index (Phi) is 5.17. The van der Waals surface area contributed by atoms with Crippen LogP contribution in [-0.4, -0.2) is 23.5 Å². The van der Waals surface area contributed by atoms with E-state index in [1.54, 1.807) is 0 Å². The monoisotopic (exact) mass is 254 g/mol. The predicted octanol–water partition coefficient (Wildman–Crippen LogP) is 3.33. The highest BCUT2D eigenvalue weighted by molar-refractivity contribution is 7.09. The van der Waals surface area contributed by atoms with Gasteiger partial charge in [-0.15, -0.1) is 11.3 Å². The summed E-state index contributed by atoms with van der Waals surface area (Å²) in [7, 11) is 0. The van der Waals surface area contributed by atoms with Crippen LogP contribution in [0, 0.1) is 5.41 Å². The SMILES string of the molecule is CC(C)N(Cc1cccs1)CC(N)C(C)(C)C. The Morgan fingerprint density at radius 3 is 2.41 bits per heavy atom. The zero-order valence-electron chi connectivity index (χ0n) is 11.7. The summed E-state index contributed by atoms with van der Waals surface area (Å²) in [6.07, 6.45) is 0. The molecular formula is C14H26N2S. The Morgan fingerprint density at radius 2 is 2.00 bits per heavy atom. The molecule has 1 heterocycles. The molecule has 2 nitrogen and oxygen atoms in total. The van der Waals surface area contributed by atoms with Crippen LogP contribution in [0.1, 0.15) is 39.5 Å². The highest BCUT2D eigenvalue weighted by Crippen LogP contribution is 2.21. The second kappa shape index (κ2) is 5.98. The third-order valence-corrected chi connectivity index (χ3v) is 4.07. The number of thiophene rings is 1. The Morgan fingerprint density at radius 1 is 1.35 bits per heavy atom. The fourth-order valence-electron chi connectivity index (χ4n) is 1.59. The van der Waals surface area contributed by atoms with E-state index in [0.29, 0.717) is 6.04 Å². The molecule has 0 spiro atoms. The van der Waals surface area contributed by atoms with Crippen LogP contribution in [-0.2, 0) is 6.54 Å². The molecule has 0 aliphatic carbocycles. The van der Waals surface area contributed by atoms with Gasteiger partial charge in [0, 0.05) is 30.1 Å². The van der Waals surface area contributed by atoms with E-state index < -0.39 is 0 Å². The summed E-state index contributed by atoms with van der Waals surface area (Å²) in [6.45, 7) is 13.1. The molecule has 0 aliphatic heterocycles. The maximum atomic E-state index is 6.28. The average Bonchev–Trinajstić information content (AvgIpc) is 2.67. The van der Waals surface area contributed by atoms with E-state index in [4.69, 9.17) is 5.73 Å². The first-order chi connectivity index (χ1) is 7.80. The lowest BCUT2D eigenvalue weighted by molar-refractivity contribution is 0.161. The Hall–Kier alpha value is -0.380. The summed E-state index contributed by atoms with van der Waals surface area (Å²) >= 11 is 1.82. The topological polar surface area (TPSA) is 29.3 Å². The standard InChI is InChI=1S/C14H26N2S/c1-11(2)16(9-12-7-6-8-17-12)10-13(15)14(3,4)5/h6-8,11,13H,9-10,15H2,1-5H3. The molecule has 1 aromatic rings. The number of nitrogens with two attached hydrogens (primary N) is 1. The van der Waals surface area contributed by atoms with E-state index in [2.05, 4.69) is 57.0 Å². The van der Waals surface area contributed by atoms with Gasteiger partial charge >= 0.3 is 0 Å².